The van der Waals surface area contributed by atoms with E-state index in [0.29, 0.717) is 25.4 Å². The standard InChI is InChI=1S/C21H24O3/c1-4-24-21(22)15(3)17-11-10-14(2)18-12-23-13-19(18)20(17)16-8-6-5-7-9-16/h5-9,18H,2,4,10-13H2,1,3H3/b17-15+/t18-/m1/s1. The van der Waals surface area contributed by atoms with Crippen molar-refractivity contribution in [3.63, 3.8) is 0 Å². The van der Waals surface area contributed by atoms with Crippen molar-refractivity contribution in [3.8, 4) is 0 Å². The lowest BCUT2D eigenvalue weighted by molar-refractivity contribution is -0.138. The Bertz CT molecular complexity index is 710. The van der Waals surface area contributed by atoms with Crippen molar-refractivity contribution in [1.29, 1.82) is 0 Å². The molecule has 3 nitrogen and oxygen atoms in total. The van der Waals surface area contributed by atoms with Crippen molar-refractivity contribution in [2.75, 3.05) is 19.8 Å². The minimum Gasteiger partial charge on any atom is -0.463 e. The van der Waals surface area contributed by atoms with Gasteiger partial charge in [0.05, 0.1) is 19.8 Å². The maximum atomic E-state index is 12.3. The molecular weight excluding hydrogens is 300 g/mol. The van der Waals surface area contributed by atoms with E-state index in [-0.39, 0.29) is 11.9 Å². The van der Waals surface area contributed by atoms with Crippen LogP contribution in [0.2, 0.25) is 0 Å². The highest BCUT2D eigenvalue weighted by atomic mass is 16.5. The number of rotatable bonds is 3. The van der Waals surface area contributed by atoms with Crippen LogP contribution in [0.25, 0.3) is 5.57 Å². The molecule has 0 radical (unpaired) electrons. The Morgan fingerprint density at radius 2 is 2.04 bits per heavy atom. The Morgan fingerprint density at radius 1 is 1.29 bits per heavy atom. The van der Waals surface area contributed by atoms with E-state index in [1.54, 1.807) is 0 Å². The van der Waals surface area contributed by atoms with E-state index < -0.39 is 0 Å². The number of benzene rings is 1. The van der Waals surface area contributed by atoms with Gasteiger partial charge in [-0.25, -0.2) is 4.79 Å². The second kappa shape index (κ2) is 7.18. The summed E-state index contributed by atoms with van der Waals surface area (Å²) in [6.45, 7) is 9.66. The molecule has 3 heteroatoms. The summed E-state index contributed by atoms with van der Waals surface area (Å²) in [5.74, 6) is 0.0252. The van der Waals surface area contributed by atoms with Crippen molar-refractivity contribution in [2.45, 2.75) is 26.7 Å². The Kier molecular flexibility index (Phi) is 5.00. The normalized spacial score (nSPS) is 22.9. The van der Waals surface area contributed by atoms with Crippen LogP contribution in [-0.4, -0.2) is 25.8 Å². The molecule has 0 bridgehead atoms. The molecule has 1 aromatic rings. The molecule has 1 aliphatic carbocycles. The number of esters is 1. The number of ether oxygens (including phenoxy) is 2. The SMILES string of the molecule is C=C1CC/C(=C(/C)C(=O)OCC)C(c2ccccc2)=C2COC[C@H]12. The summed E-state index contributed by atoms with van der Waals surface area (Å²) >= 11 is 0. The van der Waals surface area contributed by atoms with Crippen molar-refractivity contribution < 1.29 is 14.3 Å². The van der Waals surface area contributed by atoms with Gasteiger partial charge in [-0.1, -0.05) is 42.5 Å². The van der Waals surface area contributed by atoms with E-state index in [4.69, 9.17) is 9.47 Å². The quantitative estimate of drug-likeness (QED) is 0.472. The maximum Gasteiger partial charge on any atom is 0.333 e. The minimum atomic E-state index is -0.232. The van der Waals surface area contributed by atoms with Crippen LogP contribution in [0, 0.1) is 5.92 Å². The molecule has 2 aliphatic rings. The highest BCUT2D eigenvalue weighted by Gasteiger charge is 2.33. The molecule has 0 saturated carbocycles. The zero-order valence-corrected chi connectivity index (χ0v) is 14.4. The zero-order chi connectivity index (χ0) is 17.1. The lowest BCUT2D eigenvalue weighted by Gasteiger charge is -2.17. The van der Waals surface area contributed by atoms with E-state index in [9.17, 15) is 4.79 Å². The molecule has 1 aliphatic heterocycles. The minimum absolute atomic E-state index is 0.232. The first-order valence-electron chi connectivity index (χ1n) is 8.54. The van der Waals surface area contributed by atoms with Gasteiger partial charge in [-0.3, -0.25) is 0 Å². The van der Waals surface area contributed by atoms with Crippen LogP contribution < -0.4 is 0 Å². The van der Waals surface area contributed by atoms with Crippen molar-refractivity contribution in [1.82, 2.24) is 0 Å². The molecule has 1 heterocycles. The molecule has 0 N–H and O–H groups in total. The monoisotopic (exact) mass is 324 g/mol. The number of fused-ring (bicyclic) bond motifs is 1. The van der Waals surface area contributed by atoms with Gasteiger partial charge in [-0.05, 0) is 49.0 Å². The van der Waals surface area contributed by atoms with Gasteiger partial charge in [0.2, 0.25) is 0 Å². The summed E-state index contributed by atoms with van der Waals surface area (Å²) in [5, 5.41) is 0. The number of carbonyl (C=O) groups is 1. The zero-order valence-electron chi connectivity index (χ0n) is 14.4. The van der Waals surface area contributed by atoms with E-state index in [1.807, 2.05) is 32.0 Å². The van der Waals surface area contributed by atoms with Crippen molar-refractivity contribution >= 4 is 11.5 Å². The smallest absolute Gasteiger partial charge is 0.333 e. The summed E-state index contributed by atoms with van der Waals surface area (Å²) < 4.78 is 11.0. The highest BCUT2D eigenvalue weighted by molar-refractivity contribution is 5.96. The Balaban J connectivity index is 2.20. The fraction of sp³-hybridized carbons (Fsp3) is 0.381. The van der Waals surface area contributed by atoms with Gasteiger partial charge in [0.25, 0.3) is 0 Å². The molecule has 0 spiro atoms. The molecule has 1 atom stereocenters. The van der Waals surface area contributed by atoms with Gasteiger partial charge in [-0.15, -0.1) is 0 Å². The van der Waals surface area contributed by atoms with Gasteiger partial charge < -0.3 is 9.47 Å². The van der Waals surface area contributed by atoms with E-state index in [0.717, 1.165) is 29.6 Å². The van der Waals surface area contributed by atoms with Gasteiger partial charge >= 0.3 is 5.97 Å². The third-order valence-electron chi connectivity index (χ3n) is 4.87. The summed E-state index contributed by atoms with van der Waals surface area (Å²) in [7, 11) is 0. The first kappa shape index (κ1) is 16.7. The van der Waals surface area contributed by atoms with E-state index >= 15 is 0 Å². The van der Waals surface area contributed by atoms with Gasteiger partial charge in [0.1, 0.15) is 0 Å². The maximum absolute atomic E-state index is 12.3. The van der Waals surface area contributed by atoms with Crippen LogP contribution in [0.15, 0.2) is 59.2 Å². The number of allylic oxidation sites excluding steroid dienone is 2. The molecule has 126 valence electrons. The Hall–Kier alpha value is -2.13. The molecule has 24 heavy (non-hydrogen) atoms. The van der Waals surface area contributed by atoms with Crippen LogP contribution in [0.4, 0.5) is 0 Å². The third kappa shape index (κ3) is 3.09. The Morgan fingerprint density at radius 3 is 2.75 bits per heavy atom. The Labute approximate surface area is 143 Å². The van der Waals surface area contributed by atoms with Gasteiger partial charge in [0, 0.05) is 11.5 Å². The van der Waals surface area contributed by atoms with Gasteiger partial charge in [0.15, 0.2) is 0 Å². The second-order valence-corrected chi connectivity index (χ2v) is 6.32. The summed E-state index contributed by atoms with van der Waals surface area (Å²) in [4.78, 5) is 12.3. The first-order valence-corrected chi connectivity index (χ1v) is 8.54. The molecule has 1 aromatic carbocycles. The van der Waals surface area contributed by atoms with Crippen molar-refractivity contribution in [2.24, 2.45) is 5.92 Å². The van der Waals surface area contributed by atoms with Crippen LogP contribution in [-0.2, 0) is 14.3 Å². The molecule has 1 saturated heterocycles. The largest absolute Gasteiger partial charge is 0.463 e. The second-order valence-electron chi connectivity index (χ2n) is 6.32. The van der Waals surface area contributed by atoms with Crippen LogP contribution in [0.3, 0.4) is 0 Å². The number of carbonyl (C=O) groups excluding carboxylic acids is 1. The van der Waals surface area contributed by atoms with Crippen LogP contribution in [0.5, 0.6) is 0 Å². The summed E-state index contributed by atoms with van der Waals surface area (Å²) in [5.41, 5.74) is 6.51. The first-order chi connectivity index (χ1) is 11.6. The predicted molar refractivity (Wildman–Crippen MR) is 95.4 cm³/mol. The van der Waals surface area contributed by atoms with Crippen molar-refractivity contribution in [3.05, 3.63) is 64.8 Å². The van der Waals surface area contributed by atoms with Crippen LogP contribution in [0.1, 0.15) is 32.3 Å². The van der Waals surface area contributed by atoms with E-state index in [2.05, 4.69) is 18.7 Å². The topological polar surface area (TPSA) is 35.5 Å². The van der Waals surface area contributed by atoms with Crippen LogP contribution >= 0.6 is 0 Å². The summed E-state index contributed by atoms with van der Waals surface area (Å²) in [6, 6.07) is 10.3. The molecule has 0 unspecified atom stereocenters. The number of hydrogen-bond donors (Lipinski definition) is 0. The fourth-order valence-corrected chi connectivity index (χ4v) is 3.58. The lowest BCUT2D eigenvalue weighted by atomic mass is 9.87. The van der Waals surface area contributed by atoms with E-state index in [1.165, 1.54) is 11.1 Å². The average molecular weight is 324 g/mol. The highest BCUT2D eigenvalue weighted by Crippen LogP contribution is 2.43. The number of hydrogen-bond acceptors (Lipinski definition) is 3. The molecule has 1 fully saturated rings. The lowest BCUT2D eigenvalue weighted by Crippen LogP contribution is -2.10. The molecule has 0 amide bonds. The average Bonchev–Trinajstić information content (AvgIpc) is 3.03. The molecule has 0 aromatic heterocycles. The summed E-state index contributed by atoms with van der Waals surface area (Å²) in [6.07, 6.45) is 1.69. The molecule has 3 rings (SSSR count). The fourth-order valence-electron chi connectivity index (χ4n) is 3.58. The predicted octanol–water partition coefficient (Wildman–Crippen LogP) is 4.32. The van der Waals surface area contributed by atoms with Gasteiger partial charge in [-0.2, -0.15) is 0 Å². The molecular formula is C21H24O3. The third-order valence-corrected chi connectivity index (χ3v) is 4.87.